The van der Waals surface area contributed by atoms with Gasteiger partial charge in [-0.3, -0.25) is 4.98 Å². The van der Waals surface area contributed by atoms with Gasteiger partial charge in [0.25, 0.3) is 0 Å². The van der Waals surface area contributed by atoms with Crippen molar-refractivity contribution in [2.45, 2.75) is 26.4 Å². The van der Waals surface area contributed by atoms with Crippen molar-refractivity contribution < 1.29 is 0 Å². The smallest absolute Gasteiger partial charge is 0.0705 e. The fourth-order valence-electron chi connectivity index (χ4n) is 1.92. The maximum absolute atomic E-state index is 4.64. The number of pyridine rings is 1. The van der Waals surface area contributed by atoms with Gasteiger partial charge in [0, 0.05) is 24.5 Å². The molecule has 1 heterocycles. The van der Waals surface area contributed by atoms with E-state index in [9.17, 15) is 0 Å². The zero-order valence-corrected chi connectivity index (χ0v) is 11.1. The number of hydrogen-bond acceptors (Lipinski definition) is 3. The summed E-state index contributed by atoms with van der Waals surface area (Å²) in [7, 11) is 0. The van der Waals surface area contributed by atoms with E-state index >= 15 is 0 Å². The molecule has 0 aliphatic heterocycles. The van der Waals surface area contributed by atoms with E-state index in [0.717, 1.165) is 30.8 Å². The average molecular weight is 243 g/mol. The van der Waals surface area contributed by atoms with Gasteiger partial charge in [-0.1, -0.05) is 31.2 Å². The minimum Gasteiger partial charge on any atom is -0.315 e. The summed E-state index contributed by atoms with van der Waals surface area (Å²) in [6.07, 6.45) is 0. The Hall–Kier alpha value is -1.45. The summed E-state index contributed by atoms with van der Waals surface area (Å²) in [5, 5.41) is 8.00. The highest BCUT2D eigenvalue weighted by atomic mass is 15.0. The van der Waals surface area contributed by atoms with Gasteiger partial charge in [-0.25, -0.2) is 0 Å². The topological polar surface area (TPSA) is 37.0 Å². The van der Waals surface area contributed by atoms with Crippen LogP contribution in [0.5, 0.6) is 0 Å². The molecule has 0 fully saturated rings. The van der Waals surface area contributed by atoms with Crippen LogP contribution in [0.2, 0.25) is 0 Å². The van der Waals surface area contributed by atoms with Crippen LogP contribution in [0.1, 0.15) is 19.5 Å². The molecule has 1 aromatic carbocycles. The van der Waals surface area contributed by atoms with E-state index in [0.29, 0.717) is 6.04 Å². The van der Waals surface area contributed by atoms with Gasteiger partial charge < -0.3 is 10.6 Å². The Balaban J connectivity index is 1.95. The van der Waals surface area contributed by atoms with Crippen LogP contribution in [0.15, 0.2) is 36.4 Å². The predicted octanol–water partition coefficient (Wildman–Crippen LogP) is 2.32. The molecule has 96 valence electrons. The normalized spacial score (nSPS) is 12.8. The second-order valence-corrected chi connectivity index (χ2v) is 4.58. The molecule has 0 radical (unpaired) electrons. The molecule has 2 aromatic rings. The van der Waals surface area contributed by atoms with E-state index < -0.39 is 0 Å². The molecule has 0 spiro atoms. The maximum Gasteiger partial charge on any atom is 0.0705 e. The van der Waals surface area contributed by atoms with Gasteiger partial charge in [-0.2, -0.15) is 0 Å². The molecular formula is C15H21N3. The van der Waals surface area contributed by atoms with E-state index in [1.54, 1.807) is 0 Å². The molecule has 0 aliphatic carbocycles. The molecule has 0 amide bonds. The highest BCUT2D eigenvalue weighted by Crippen LogP contribution is 2.11. The van der Waals surface area contributed by atoms with Gasteiger partial charge in [0.1, 0.15) is 0 Å². The lowest BCUT2D eigenvalue weighted by Gasteiger charge is -2.13. The van der Waals surface area contributed by atoms with Crippen LogP contribution in [0, 0.1) is 0 Å². The molecule has 0 bridgehead atoms. The summed E-state index contributed by atoms with van der Waals surface area (Å²) in [6.45, 7) is 7.13. The molecule has 1 atom stereocenters. The summed E-state index contributed by atoms with van der Waals surface area (Å²) in [5.41, 5.74) is 2.16. The van der Waals surface area contributed by atoms with Crippen molar-refractivity contribution in [2.24, 2.45) is 0 Å². The fraction of sp³-hybridized carbons (Fsp3) is 0.400. The lowest BCUT2D eigenvalue weighted by atomic mass is 10.2. The van der Waals surface area contributed by atoms with Crippen LogP contribution in [0.25, 0.3) is 10.9 Å². The molecule has 1 unspecified atom stereocenters. The molecule has 0 saturated carbocycles. The first kappa shape index (κ1) is 13.0. The first-order valence-electron chi connectivity index (χ1n) is 6.58. The van der Waals surface area contributed by atoms with E-state index in [2.05, 4.69) is 53.7 Å². The number of nitrogens with one attached hydrogen (secondary N) is 2. The molecule has 0 aliphatic rings. The van der Waals surface area contributed by atoms with Gasteiger partial charge in [0.15, 0.2) is 0 Å². The first-order valence-corrected chi connectivity index (χ1v) is 6.58. The van der Waals surface area contributed by atoms with Crippen molar-refractivity contribution in [1.82, 2.24) is 15.6 Å². The standard InChI is InChI=1S/C15H21N3/c1-3-16-10-12(2)17-11-14-9-8-13-6-4-5-7-15(13)18-14/h4-9,12,16-17H,3,10-11H2,1-2H3. The average Bonchev–Trinajstić information content (AvgIpc) is 2.42. The van der Waals surface area contributed by atoms with Crippen molar-refractivity contribution >= 4 is 10.9 Å². The Labute approximate surface area is 109 Å². The lowest BCUT2D eigenvalue weighted by molar-refractivity contribution is 0.506. The quantitative estimate of drug-likeness (QED) is 0.817. The SMILES string of the molecule is CCNCC(C)NCc1ccc2ccccc2n1. The van der Waals surface area contributed by atoms with Gasteiger partial charge in [-0.15, -0.1) is 0 Å². The lowest BCUT2D eigenvalue weighted by Crippen LogP contribution is -2.35. The third-order valence-corrected chi connectivity index (χ3v) is 2.99. The molecular weight excluding hydrogens is 222 g/mol. The number of rotatable bonds is 6. The number of aromatic nitrogens is 1. The Bertz CT molecular complexity index is 496. The Morgan fingerprint density at radius 2 is 2.00 bits per heavy atom. The second-order valence-electron chi connectivity index (χ2n) is 4.58. The highest BCUT2D eigenvalue weighted by molar-refractivity contribution is 5.78. The van der Waals surface area contributed by atoms with Crippen LogP contribution >= 0.6 is 0 Å². The first-order chi connectivity index (χ1) is 8.79. The van der Waals surface area contributed by atoms with Crippen molar-refractivity contribution in [3.05, 3.63) is 42.1 Å². The summed E-state index contributed by atoms with van der Waals surface area (Å²) in [5.74, 6) is 0. The van der Waals surface area contributed by atoms with E-state index in [-0.39, 0.29) is 0 Å². The van der Waals surface area contributed by atoms with Crippen molar-refractivity contribution in [2.75, 3.05) is 13.1 Å². The molecule has 2 rings (SSSR count). The Kier molecular flexibility index (Phi) is 4.67. The van der Waals surface area contributed by atoms with Crippen LogP contribution in [0.4, 0.5) is 0 Å². The molecule has 3 heteroatoms. The maximum atomic E-state index is 4.64. The number of para-hydroxylation sites is 1. The van der Waals surface area contributed by atoms with Crippen molar-refractivity contribution in [3.63, 3.8) is 0 Å². The van der Waals surface area contributed by atoms with E-state index in [1.807, 2.05) is 12.1 Å². The number of likely N-dealkylation sites (N-methyl/N-ethyl adjacent to an activating group) is 1. The third kappa shape index (κ3) is 3.52. The highest BCUT2D eigenvalue weighted by Gasteiger charge is 2.02. The summed E-state index contributed by atoms with van der Waals surface area (Å²) in [6, 6.07) is 12.9. The van der Waals surface area contributed by atoms with Crippen molar-refractivity contribution in [3.8, 4) is 0 Å². The third-order valence-electron chi connectivity index (χ3n) is 2.99. The minimum atomic E-state index is 0.457. The summed E-state index contributed by atoms with van der Waals surface area (Å²) < 4.78 is 0. The second kappa shape index (κ2) is 6.47. The fourth-order valence-corrected chi connectivity index (χ4v) is 1.92. The minimum absolute atomic E-state index is 0.457. The Morgan fingerprint density at radius 1 is 1.17 bits per heavy atom. The molecule has 3 nitrogen and oxygen atoms in total. The molecule has 2 N–H and O–H groups in total. The zero-order valence-electron chi connectivity index (χ0n) is 11.1. The van der Waals surface area contributed by atoms with Crippen LogP contribution in [0.3, 0.4) is 0 Å². The molecule has 18 heavy (non-hydrogen) atoms. The van der Waals surface area contributed by atoms with Crippen LogP contribution in [-0.2, 0) is 6.54 Å². The van der Waals surface area contributed by atoms with Gasteiger partial charge >= 0.3 is 0 Å². The van der Waals surface area contributed by atoms with E-state index in [4.69, 9.17) is 0 Å². The summed E-state index contributed by atoms with van der Waals surface area (Å²) in [4.78, 5) is 4.64. The monoisotopic (exact) mass is 243 g/mol. The largest absolute Gasteiger partial charge is 0.315 e. The summed E-state index contributed by atoms with van der Waals surface area (Å²) >= 11 is 0. The number of benzene rings is 1. The van der Waals surface area contributed by atoms with E-state index in [1.165, 1.54) is 5.39 Å². The molecule has 0 saturated heterocycles. The number of hydrogen-bond donors (Lipinski definition) is 2. The zero-order chi connectivity index (χ0) is 12.8. The van der Waals surface area contributed by atoms with Gasteiger partial charge in [0.2, 0.25) is 0 Å². The predicted molar refractivity (Wildman–Crippen MR) is 76.6 cm³/mol. The number of fused-ring (bicyclic) bond motifs is 1. The van der Waals surface area contributed by atoms with Gasteiger partial charge in [0.05, 0.1) is 11.2 Å². The van der Waals surface area contributed by atoms with Crippen molar-refractivity contribution in [1.29, 1.82) is 0 Å². The number of nitrogens with zero attached hydrogens (tertiary/aromatic N) is 1. The van der Waals surface area contributed by atoms with Crippen LogP contribution in [-0.4, -0.2) is 24.1 Å². The van der Waals surface area contributed by atoms with Gasteiger partial charge in [-0.05, 0) is 25.6 Å². The molecule has 1 aromatic heterocycles. The van der Waals surface area contributed by atoms with Crippen LogP contribution < -0.4 is 10.6 Å². The Morgan fingerprint density at radius 3 is 2.83 bits per heavy atom.